The number of methoxy groups -OCH3 is 1. The van der Waals surface area contributed by atoms with Crippen LogP contribution in [0.25, 0.3) is 0 Å². The van der Waals surface area contributed by atoms with E-state index >= 15 is 0 Å². The van der Waals surface area contributed by atoms with Gasteiger partial charge in [-0.05, 0) is 30.0 Å². The van der Waals surface area contributed by atoms with Crippen molar-refractivity contribution >= 4 is 17.7 Å². The van der Waals surface area contributed by atoms with Crippen molar-refractivity contribution in [1.82, 2.24) is 5.32 Å². The van der Waals surface area contributed by atoms with E-state index in [1.807, 2.05) is 42.7 Å². The minimum atomic E-state index is -0.00607. The van der Waals surface area contributed by atoms with Crippen LogP contribution < -0.4 is 10.1 Å². The lowest BCUT2D eigenvalue weighted by Gasteiger charge is -2.09. The molecule has 3 nitrogen and oxygen atoms in total. The number of ether oxygens (including phenoxy) is 1. The third-order valence-corrected chi connectivity index (χ3v) is 3.94. The SMILES string of the molecule is COc1ccccc1CC(=O)NCc1ccc(SC)cc1. The standard InChI is InChI=1S/C17H19NO2S/c1-20-16-6-4-3-5-14(16)11-17(19)18-12-13-7-9-15(21-2)10-8-13/h3-10H,11-12H2,1-2H3,(H,18,19). The van der Waals surface area contributed by atoms with Gasteiger partial charge >= 0.3 is 0 Å². The molecular weight excluding hydrogens is 282 g/mol. The molecule has 0 aliphatic rings. The molecule has 0 unspecified atom stereocenters. The Kier molecular flexibility index (Phi) is 5.69. The van der Waals surface area contributed by atoms with Gasteiger partial charge in [0.25, 0.3) is 0 Å². The molecule has 0 aliphatic heterocycles. The quantitative estimate of drug-likeness (QED) is 0.832. The normalized spacial score (nSPS) is 10.2. The Labute approximate surface area is 129 Å². The van der Waals surface area contributed by atoms with Crippen LogP contribution in [0.5, 0.6) is 5.75 Å². The van der Waals surface area contributed by atoms with Crippen LogP contribution in [0.15, 0.2) is 53.4 Å². The van der Waals surface area contributed by atoms with Gasteiger partial charge in [0.2, 0.25) is 5.91 Å². The van der Waals surface area contributed by atoms with E-state index in [1.54, 1.807) is 18.9 Å². The highest BCUT2D eigenvalue weighted by molar-refractivity contribution is 7.98. The number of amides is 1. The van der Waals surface area contributed by atoms with Crippen LogP contribution in [0.4, 0.5) is 0 Å². The first-order valence-electron chi connectivity index (χ1n) is 6.74. The van der Waals surface area contributed by atoms with Gasteiger partial charge in [0.1, 0.15) is 5.75 Å². The molecule has 0 spiro atoms. The summed E-state index contributed by atoms with van der Waals surface area (Å²) in [6.45, 7) is 0.544. The van der Waals surface area contributed by atoms with E-state index in [-0.39, 0.29) is 5.91 Å². The molecule has 1 N–H and O–H groups in total. The second-order valence-electron chi connectivity index (χ2n) is 4.61. The third kappa shape index (κ3) is 4.53. The second kappa shape index (κ2) is 7.74. The number of para-hydroxylation sites is 1. The Bertz CT molecular complexity index is 596. The van der Waals surface area contributed by atoms with Crippen LogP contribution in [-0.2, 0) is 17.8 Å². The molecule has 0 heterocycles. The highest BCUT2D eigenvalue weighted by Crippen LogP contribution is 2.18. The van der Waals surface area contributed by atoms with Crippen LogP contribution in [0, 0.1) is 0 Å². The molecule has 0 saturated carbocycles. The van der Waals surface area contributed by atoms with E-state index in [0.717, 1.165) is 16.9 Å². The minimum Gasteiger partial charge on any atom is -0.496 e. The molecule has 0 bridgehead atoms. The van der Waals surface area contributed by atoms with E-state index in [0.29, 0.717) is 13.0 Å². The zero-order chi connectivity index (χ0) is 15.1. The highest BCUT2D eigenvalue weighted by Gasteiger charge is 2.07. The highest BCUT2D eigenvalue weighted by atomic mass is 32.2. The van der Waals surface area contributed by atoms with Crippen molar-refractivity contribution in [3.8, 4) is 5.75 Å². The first kappa shape index (κ1) is 15.4. The molecule has 2 aromatic rings. The summed E-state index contributed by atoms with van der Waals surface area (Å²) in [7, 11) is 1.62. The summed E-state index contributed by atoms with van der Waals surface area (Å²) < 4.78 is 5.25. The van der Waals surface area contributed by atoms with Gasteiger partial charge in [-0.3, -0.25) is 4.79 Å². The lowest BCUT2D eigenvalue weighted by Crippen LogP contribution is -2.24. The van der Waals surface area contributed by atoms with Gasteiger partial charge < -0.3 is 10.1 Å². The van der Waals surface area contributed by atoms with Crippen molar-refractivity contribution in [2.24, 2.45) is 0 Å². The number of nitrogens with one attached hydrogen (secondary N) is 1. The molecule has 0 aromatic heterocycles. The maximum atomic E-state index is 12.0. The van der Waals surface area contributed by atoms with Gasteiger partial charge in [-0.15, -0.1) is 11.8 Å². The van der Waals surface area contributed by atoms with Gasteiger partial charge in [0.15, 0.2) is 0 Å². The first-order valence-corrected chi connectivity index (χ1v) is 7.97. The number of thioether (sulfide) groups is 1. The largest absolute Gasteiger partial charge is 0.496 e. The monoisotopic (exact) mass is 301 g/mol. The average molecular weight is 301 g/mol. The molecule has 0 radical (unpaired) electrons. The van der Waals surface area contributed by atoms with E-state index < -0.39 is 0 Å². The number of hydrogen-bond acceptors (Lipinski definition) is 3. The van der Waals surface area contributed by atoms with Crippen molar-refractivity contribution in [3.05, 3.63) is 59.7 Å². The first-order chi connectivity index (χ1) is 10.2. The molecule has 2 aromatic carbocycles. The summed E-state index contributed by atoms with van der Waals surface area (Å²) in [5, 5.41) is 2.93. The minimum absolute atomic E-state index is 0.00607. The summed E-state index contributed by atoms with van der Waals surface area (Å²) in [6.07, 6.45) is 2.37. The van der Waals surface area contributed by atoms with Gasteiger partial charge in [0.05, 0.1) is 13.5 Å². The van der Waals surface area contributed by atoms with Gasteiger partial charge in [-0.1, -0.05) is 30.3 Å². The Morgan fingerprint density at radius 1 is 1.14 bits per heavy atom. The van der Waals surface area contributed by atoms with E-state index in [1.165, 1.54) is 4.90 Å². The zero-order valence-electron chi connectivity index (χ0n) is 12.3. The summed E-state index contributed by atoms with van der Waals surface area (Å²) in [5.74, 6) is 0.741. The topological polar surface area (TPSA) is 38.3 Å². The van der Waals surface area contributed by atoms with Crippen LogP contribution >= 0.6 is 11.8 Å². The molecule has 0 aliphatic carbocycles. The fraction of sp³-hybridized carbons (Fsp3) is 0.235. The number of carbonyl (C=O) groups is 1. The Morgan fingerprint density at radius 3 is 2.52 bits per heavy atom. The van der Waals surface area contributed by atoms with E-state index in [2.05, 4.69) is 17.4 Å². The van der Waals surface area contributed by atoms with Crippen LogP contribution in [0.2, 0.25) is 0 Å². The number of benzene rings is 2. The fourth-order valence-electron chi connectivity index (χ4n) is 2.03. The van der Waals surface area contributed by atoms with Crippen LogP contribution in [0.3, 0.4) is 0 Å². The molecule has 0 saturated heterocycles. The molecule has 4 heteroatoms. The van der Waals surface area contributed by atoms with Crippen LogP contribution in [0.1, 0.15) is 11.1 Å². The van der Waals surface area contributed by atoms with Crippen molar-refractivity contribution in [2.45, 2.75) is 17.9 Å². The number of rotatable bonds is 6. The van der Waals surface area contributed by atoms with Crippen molar-refractivity contribution < 1.29 is 9.53 Å². The second-order valence-corrected chi connectivity index (χ2v) is 5.49. The predicted molar refractivity (Wildman–Crippen MR) is 86.8 cm³/mol. The molecule has 2 rings (SSSR count). The summed E-state index contributed by atoms with van der Waals surface area (Å²) in [6, 6.07) is 15.8. The Morgan fingerprint density at radius 2 is 1.86 bits per heavy atom. The van der Waals surface area contributed by atoms with Crippen molar-refractivity contribution in [2.75, 3.05) is 13.4 Å². The molecular formula is C17H19NO2S. The number of carbonyl (C=O) groups excluding carboxylic acids is 1. The lowest BCUT2D eigenvalue weighted by atomic mass is 10.1. The fourth-order valence-corrected chi connectivity index (χ4v) is 2.44. The summed E-state index contributed by atoms with van der Waals surface area (Å²) in [5.41, 5.74) is 2.00. The third-order valence-electron chi connectivity index (χ3n) is 3.19. The van der Waals surface area contributed by atoms with Crippen molar-refractivity contribution in [1.29, 1.82) is 0 Å². The average Bonchev–Trinajstić information content (AvgIpc) is 2.54. The van der Waals surface area contributed by atoms with Gasteiger partial charge in [0, 0.05) is 17.0 Å². The molecule has 21 heavy (non-hydrogen) atoms. The van der Waals surface area contributed by atoms with E-state index in [9.17, 15) is 4.79 Å². The summed E-state index contributed by atoms with van der Waals surface area (Å²) >= 11 is 1.71. The Balaban J connectivity index is 1.89. The van der Waals surface area contributed by atoms with Crippen molar-refractivity contribution in [3.63, 3.8) is 0 Å². The maximum absolute atomic E-state index is 12.0. The molecule has 0 fully saturated rings. The smallest absolute Gasteiger partial charge is 0.224 e. The Hall–Kier alpha value is -1.94. The zero-order valence-corrected chi connectivity index (χ0v) is 13.1. The summed E-state index contributed by atoms with van der Waals surface area (Å²) in [4.78, 5) is 13.2. The maximum Gasteiger partial charge on any atom is 0.224 e. The van der Waals surface area contributed by atoms with Gasteiger partial charge in [-0.25, -0.2) is 0 Å². The number of hydrogen-bond donors (Lipinski definition) is 1. The molecule has 0 atom stereocenters. The molecule has 1 amide bonds. The predicted octanol–water partition coefficient (Wildman–Crippen LogP) is 3.28. The van der Waals surface area contributed by atoms with E-state index in [4.69, 9.17) is 4.74 Å². The van der Waals surface area contributed by atoms with Crippen LogP contribution in [-0.4, -0.2) is 19.3 Å². The van der Waals surface area contributed by atoms with Gasteiger partial charge in [-0.2, -0.15) is 0 Å². The lowest BCUT2D eigenvalue weighted by molar-refractivity contribution is -0.120. The molecule has 110 valence electrons.